The lowest BCUT2D eigenvalue weighted by Gasteiger charge is -2.55. The van der Waals surface area contributed by atoms with Crippen molar-refractivity contribution in [2.45, 2.75) is 38.0 Å². The Bertz CT molecular complexity index is 991. The maximum atomic E-state index is 13.0. The summed E-state index contributed by atoms with van der Waals surface area (Å²) in [6.45, 7) is 0.447. The predicted molar refractivity (Wildman–Crippen MR) is 111 cm³/mol. The first-order chi connectivity index (χ1) is 14.6. The second-order valence-electron chi connectivity index (χ2n) is 8.55. The van der Waals surface area contributed by atoms with Crippen LogP contribution in [0.3, 0.4) is 0 Å². The van der Waals surface area contributed by atoms with Gasteiger partial charge in [-0.1, -0.05) is 30.3 Å². The second-order valence-corrected chi connectivity index (χ2v) is 8.55. The largest absolute Gasteiger partial charge is 0.496 e. The quantitative estimate of drug-likeness (QED) is 0.817. The summed E-state index contributed by atoms with van der Waals surface area (Å²) in [7, 11) is 1.64. The molecule has 6 rings (SSSR count). The van der Waals surface area contributed by atoms with Crippen molar-refractivity contribution >= 4 is 11.8 Å². The first-order valence-electron chi connectivity index (χ1n) is 10.6. The van der Waals surface area contributed by atoms with E-state index in [1.165, 1.54) is 0 Å². The van der Waals surface area contributed by atoms with Crippen molar-refractivity contribution in [2.24, 2.45) is 17.8 Å². The monoisotopic (exact) mass is 406 g/mol. The van der Waals surface area contributed by atoms with Crippen LogP contribution in [0, 0.1) is 17.8 Å². The number of carbonyl (C=O) groups excluding carboxylic acids is 2. The molecule has 6 nitrogen and oxygen atoms in total. The van der Waals surface area contributed by atoms with Crippen LogP contribution in [-0.2, 0) is 11.3 Å². The van der Waals surface area contributed by atoms with E-state index in [1.807, 2.05) is 42.5 Å². The van der Waals surface area contributed by atoms with Gasteiger partial charge in [0, 0.05) is 30.4 Å². The Morgan fingerprint density at radius 3 is 2.80 bits per heavy atom. The molecular weight excluding hydrogens is 380 g/mol. The number of hydrogen-bond acceptors (Lipinski definition) is 4. The van der Waals surface area contributed by atoms with Crippen molar-refractivity contribution in [3.8, 4) is 11.5 Å². The Morgan fingerprint density at radius 2 is 2.00 bits per heavy atom. The van der Waals surface area contributed by atoms with E-state index in [9.17, 15) is 9.59 Å². The number of fused-ring (bicyclic) bond motifs is 3. The van der Waals surface area contributed by atoms with Gasteiger partial charge in [-0.2, -0.15) is 0 Å². The highest BCUT2D eigenvalue weighted by atomic mass is 16.5. The molecule has 0 saturated heterocycles. The molecule has 1 aliphatic heterocycles. The molecule has 3 fully saturated rings. The molecule has 2 amide bonds. The van der Waals surface area contributed by atoms with Gasteiger partial charge in [-0.3, -0.25) is 9.59 Å². The highest BCUT2D eigenvalue weighted by molar-refractivity contribution is 5.98. The minimum absolute atomic E-state index is 0.0539. The lowest BCUT2D eigenvalue weighted by atomic mass is 9.60. The number of nitrogens with one attached hydrogen (secondary N) is 2. The molecule has 30 heavy (non-hydrogen) atoms. The van der Waals surface area contributed by atoms with E-state index in [0.29, 0.717) is 24.3 Å². The van der Waals surface area contributed by atoms with E-state index in [-0.39, 0.29) is 29.6 Å². The van der Waals surface area contributed by atoms with Crippen LogP contribution in [0.4, 0.5) is 0 Å². The van der Waals surface area contributed by atoms with Gasteiger partial charge in [0.1, 0.15) is 11.5 Å². The highest BCUT2D eigenvalue weighted by Gasteiger charge is 2.57. The molecule has 2 N–H and O–H groups in total. The van der Waals surface area contributed by atoms with Crippen molar-refractivity contribution < 1.29 is 19.1 Å². The summed E-state index contributed by atoms with van der Waals surface area (Å²) in [4.78, 5) is 25.7. The molecule has 0 radical (unpaired) electrons. The SMILES string of the molecule is COc1ccccc1CNC(=O)[C@@H]1C[C@H]2CC[C@H]1C[C@@]21NC(=O)c2ccccc2O1. The van der Waals surface area contributed by atoms with Gasteiger partial charge in [-0.25, -0.2) is 0 Å². The molecule has 2 aromatic rings. The smallest absolute Gasteiger partial charge is 0.258 e. The second kappa shape index (κ2) is 7.35. The minimum Gasteiger partial charge on any atom is -0.496 e. The third-order valence-corrected chi connectivity index (χ3v) is 6.95. The topological polar surface area (TPSA) is 76.7 Å². The van der Waals surface area contributed by atoms with Gasteiger partial charge in [0.2, 0.25) is 5.91 Å². The summed E-state index contributed by atoms with van der Waals surface area (Å²) in [6, 6.07) is 15.1. The van der Waals surface area contributed by atoms with E-state index < -0.39 is 5.72 Å². The average molecular weight is 406 g/mol. The number of ether oxygens (including phenoxy) is 2. The molecule has 3 saturated carbocycles. The fraction of sp³-hybridized carbons (Fsp3) is 0.417. The Labute approximate surface area is 176 Å². The predicted octanol–water partition coefficient (Wildman–Crippen LogP) is 3.27. The van der Waals surface area contributed by atoms with E-state index >= 15 is 0 Å². The van der Waals surface area contributed by atoms with Crippen molar-refractivity contribution in [3.63, 3.8) is 0 Å². The molecule has 0 unspecified atom stereocenters. The zero-order valence-corrected chi connectivity index (χ0v) is 17.0. The van der Waals surface area contributed by atoms with E-state index in [4.69, 9.17) is 9.47 Å². The van der Waals surface area contributed by atoms with E-state index in [1.54, 1.807) is 13.2 Å². The molecule has 3 aliphatic carbocycles. The van der Waals surface area contributed by atoms with Crippen molar-refractivity contribution in [2.75, 3.05) is 7.11 Å². The fourth-order valence-corrected chi connectivity index (χ4v) is 5.44. The molecule has 6 heteroatoms. The first kappa shape index (κ1) is 19.0. The third kappa shape index (κ3) is 3.11. The average Bonchev–Trinajstić information content (AvgIpc) is 2.78. The zero-order valence-electron chi connectivity index (χ0n) is 17.0. The number of carbonyl (C=O) groups is 2. The molecule has 2 aromatic carbocycles. The van der Waals surface area contributed by atoms with Gasteiger partial charge in [0.05, 0.1) is 12.7 Å². The van der Waals surface area contributed by atoms with Crippen molar-refractivity contribution in [1.29, 1.82) is 0 Å². The maximum absolute atomic E-state index is 13.0. The number of rotatable bonds is 4. The van der Waals surface area contributed by atoms with E-state index in [2.05, 4.69) is 10.6 Å². The molecule has 0 aromatic heterocycles. The Hall–Kier alpha value is -3.02. The number of benzene rings is 2. The standard InChI is InChI=1S/C24H26N2O4/c1-29-20-8-4-2-6-16(20)14-25-22(27)19-12-17-11-10-15(19)13-24(17)26-23(28)18-7-3-5-9-21(18)30-24/h2-9,15,17,19H,10-14H2,1H3,(H,25,27)(H,26,28)/t15-,17+,19+,24-/m0/s1. The van der Waals surface area contributed by atoms with Gasteiger partial charge in [-0.05, 0) is 43.4 Å². The van der Waals surface area contributed by atoms with Gasteiger partial charge in [0.15, 0.2) is 5.72 Å². The van der Waals surface area contributed by atoms with Crippen LogP contribution in [0.1, 0.15) is 41.6 Å². The summed E-state index contributed by atoms with van der Waals surface area (Å²) >= 11 is 0. The van der Waals surface area contributed by atoms with Crippen LogP contribution in [-0.4, -0.2) is 24.6 Å². The lowest BCUT2D eigenvalue weighted by molar-refractivity contribution is -0.146. The molecule has 4 atom stereocenters. The first-order valence-corrected chi connectivity index (χ1v) is 10.6. The summed E-state index contributed by atoms with van der Waals surface area (Å²) in [5, 5.41) is 6.24. The van der Waals surface area contributed by atoms with Crippen LogP contribution in [0.5, 0.6) is 11.5 Å². The molecule has 2 bridgehead atoms. The Morgan fingerprint density at radius 1 is 1.20 bits per heavy atom. The van der Waals surface area contributed by atoms with Crippen molar-refractivity contribution in [1.82, 2.24) is 10.6 Å². The zero-order chi connectivity index (χ0) is 20.7. The fourth-order valence-electron chi connectivity index (χ4n) is 5.44. The molecule has 156 valence electrons. The number of hydrogen-bond donors (Lipinski definition) is 2. The minimum atomic E-state index is -0.687. The van der Waals surface area contributed by atoms with Gasteiger partial charge in [0.25, 0.3) is 5.91 Å². The third-order valence-electron chi connectivity index (χ3n) is 6.95. The summed E-state index contributed by atoms with van der Waals surface area (Å²) < 4.78 is 11.8. The highest BCUT2D eigenvalue weighted by Crippen LogP contribution is 2.52. The number of para-hydroxylation sites is 2. The molecule has 4 aliphatic rings. The van der Waals surface area contributed by atoms with Gasteiger partial charge >= 0.3 is 0 Å². The molecule has 1 heterocycles. The maximum Gasteiger partial charge on any atom is 0.258 e. The molecule has 1 spiro atoms. The van der Waals surface area contributed by atoms with Crippen LogP contribution in [0.15, 0.2) is 48.5 Å². The molecular formula is C24H26N2O4. The van der Waals surface area contributed by atoms with Gasteiger partial charge in [-0.15, -0.1) is 0 Å². The number of amides is 2. The van der Waals surface area contributed by atoms with Crippen LogP contribution >= 0.6 is 0 Å². The summed E-state index contributed by atoms with van der Waals surface area (Å²) in [5.74, 6) is 1.68. The van der Waals surface area contributed by atoms with E-state index in [0.717, 1.165) is 30.6 Å². The van der Waals surface area contributed by atoms with Crippen LogP contribution < -0.4 is 20.1 Å². The Kier molecular flexibility index (Phi) is 4.65. The lowest BCUT2D eigenvalue weighted by Crippen LogP contribution is -2.66. The van der Waals surface area contributed by atoms with Crippen LogP contribution in [0.2, 0.25) is 0 Å². The van der Waals surface area contributed by atoms with Crippen molar-refractivity contribution in [3.05, 3.63) is 59.7 Å². The normalized spacial score (nSPS) is 29.0. The Balaban J connectivity index is 1.29. The van der Waals surface area contributed by atoms with Crippen LogP contribution in [0.25, 0.3) is 0 Å². The summed E-state index contributed by atoms with van der Waals surface area (Å²) in [6.07, 6.45) is 3.35. The van der Waals surface area contributed by atoms with Gasteiger partial charge < -0.3 is 20.1 Å². The summed E-state index contributed by atoms with van der Waals surface area (Å²) in [5.41, 5.74) is 0.856. The number of methoxy groups -OCH3 is 1.